The van der Waals surface area contributed by atoms with Crippen molar-refractivity contribution in [3.8, 4) is 0 Å². The van der Waals surface area contributed by atoms with Gasteiger partial charge in [-0.2, -0.15) is 0 Å². The summed E-state index contributed by atoms with van der Waals surface area (Å²) in [6.07, 6.45) is 3.26. The van der Waals surface area contributed by atoms with Gasteiger partial charge in [0.2, 0.25) is 0 Å². The lowest BCUT2D eigenvalue weighted by Crippen LogP contribution is -2.37. The Labute approximate surface area is 144 Å². The van der Waals surface area contributed by atoms with Crippen LogP contribution in [0.5, 0.6) is 0 Å². The van der Waals surface area contributed by atoms with E-state index in [1.165, 1.54) is 0 Å². The number of fused-ring (bicyclic) bond motifs is 2. The molecular formula is C20H19NO4. The average Bonchev–Trinajstić information content (AvgIpc) is 3.01. The van der Waals surface area contributed by atoms with Crippen molar-refractivity contribution >= 4 is 16.9 Å². The molecule has 2 heterocycles. The molecule has 0 spiro atoms. The minimum Gasteiger partial charge on any atom is -0.469 e. The summed E-state index contributed by atoms with van der Waals surface area (Å²) in [4.78, 5) is 24.9. The van der Waals surface area contributed by atoms with Crippen LogP contribution in [0.15, 0.2) is 56.3 Å². The Hall–Kier alpha value is -2.82. The molecule has 0 radical (unpaired) electrons. The number of benzene rings is 1. The number of rotatable bonds is 2. The van der Waals surface area contributed by atoms with Crippen molar-refractivity contribution in [1.29, 1.82) is 0 Å². The van der Waals surface area contributed by atoms with Crippen LogP contribution in [0.25, 0.3) is 11.0 Å². The lowest BCUT2D eigenvalue weighted by atomic mass is 9.74. The van der Waals surface area contributed by atoms with Gasteiger partial charge < -0.3 is 14.2 Å². The van der Waals surface area contributed by atoms with Crippen LogP contribution in [0.2, 0.25) is 0 Å². The predicted molar refractivity (Wildman–Crippen MR) is 93.5 cm³/mol. The van der Waals surface area contributed by atoms with Crippen molar-refractivity contribution in [2.24, 2.45) is 5.41 Å². The number of furan rings is 1. The van der Waals surface area contributed by atoms with Crippen LogP contribution in [0.4, 0.5) is 0 Å². The van der Waals surface area contributed by atoms with Crippen molar-refractivity contribution in [2.75, 3.05) is 0 Å². The van der Waals surface area contributed by atoms with Crippen molar-refractivity contribution in [3.05, 3.63) is 70.0 Å². The molecular weight excluding hydrogens is 318 g/mol. The summed E-state index contributed by atoms with van der Waals surface area (Å²) < 4.78 is 10.8. The summed E-state index contributed by atoms with van der Waals surface area (Å²) in [6.45, 7) is 4.28. The van der Waals surface area contributed by atoms with Crippen LogP contribution in [0, 0.1) is 5.41 Å². The Bertz CT molecular complexity index is 1010. The zero-order chi connectivity index (χ0) is 17.6. The third-order valence-corrected chi connectivity index (χ3v) is 4.74. The Morgan fingerprint density at radius 3 is 2.88 bits per heavy atom. The van der Waals surface area contributed by atoms with Crippen molar-refractivity contribution in [2.45, 2.75) is 32.7 Å². The second-order valence-electron chi connectivity index (χ2n) is 7.36. The van der Waals surface area contributed by atoms with Gasteiger partial charge in [0.1, 0.15) is 16.9 Å². The van der Waals surface area contributed by atoms with Crippen molar-refractivity contribution < 1.29 is 13.6 Å². The van der Waals surface area contributed by atoms with Gasteiger partial charge >= 0.3 is 5.63 Å². The molecule has 128 valence electrons. The first-order chi connectivity index (χ1) is 11.9. The molecule has 0 aliphatic heterocycles. The van der Waals surface area contributed by atoms with E-state index in [-0.39, 0.29) is 17.0 Å². The largest absolute Gasteiger partial charge is 0.469 e. The maximum atomic E-state index is 12.7. The number of hydrogen-bond acceptors (Lipinski definition) is 4. The first kappa shape index (κ1) is 15.7. The van der Waals surface area contributed by atoms with E-state index in [1.54, 1.807) is 24.5 Å². The zero-order valence-corrected chi connectivity index (χ0v) is 14.2. The Kier molecular flexibility index (Phi) is 3.53. The first-order valence-corrected chi connectivity index (χ1v) is 8.33. The SMILES string of the molecule is CC1(C)Cc2occc2[C@@H](NC(=O)c2cc3ccccc3oc2=O)C1. The van der Waals surface area contributed by atoms with E-state index in [0.29, 0.717) is 5.58 Å². The summed E-state index contributed by atoms with van der Waals surface area (Å²) >= 11 is 0. The molecule has 0 saturated heterocycles. The molecule has 0 unspecified atom stereocenters. The number of carbonyl (C=O) groups excluding carboxylic acids is 1. The van der Waals surface area contributed by atoms with Crippen LogP contribution >= 0.6 is 0 Å². The summed E-state index contributed by atoms with van der Waals surface area (Å²) in [7, 11) is 0. The van der Waals surface area contributed by atoms with E-state index >= 15 is 0 Å². The summed E-state index contributed by atoms with van der Waals surface area (Å²) in [5, 5.41) is 3.70. The molecule has 1 atom stereocenters. The highest BCUT2D eigenvalue weighted by atomic mass is 16.4. The number of hydrogen-bond donors (Lipinski definition) is 1. The Morgan fingerprint density at radius 1 is 1.24 bits per heavy atom. The third kappa shape index (κ3) is 2.86. The van der Waals surface area contributed by atoms with E-state index < -0.39 is 11.5 Å². The van der Waals surface area contributed by atoms with Crippen LogP contribution in [0.1, 0.15) is 48.0 Å². The van der Waals surface area contributed by atoms with Crippen LogP contribution in [-0.2, 0) is 6.42 Å². The fourth-order valence-corrected chi connectivity index (χ4v) is 3.56. The molecule has 1 aliphatic rings. The summed E-state index contributed by atoms with van der Waals surface area (Å²) in [5.41, 5.74) is 0.861. The van der Waals surface area contributed by atoms with Gasteiger partial charge in [-0.3, -0.25) is 4.79 Å². The van der Waals surface area contributed by atoms with E-state index in [1.807, 2.05) is 18.2 Å². The topological polar surface area (TPSA) is 72.5 Å². The normalized spacial score (nSPS) is 18.7. The van der Waals surface area contributed by atoms with Gasteiger partial charge in [-0.05, 0) is 30.0 Å². The van der Waals surface area contributed by atoms with Gasteiger partial charge in [0.05, 0.1) is 12.3 Å². The molecule has 3 aromatic rings. The van der Waals surface area contributed by atoms with Crippen molar-refractivity contribution in [3.63, 3.8) is 0 Å². The molecule has 1 aromatic carbocycles. The minimum absolute atomic E-state index is 0.0108. The van der Waals surface area contributed by atoms with Crippen molar-refractivity contribution in [1.82, 2.24) is 5.32 Å². The second-order valence-corrected chi connectivity index (χ2v) is 7.36. The van der Waals surface area contributed by atoms with Gasteiger partial charge in [0.15, 0.2) is 0 Å². The lowest BCUT2D eigenvalue weighted by Gasteiger charge is -2.34. The van der Waals surface area contributed by atoms with Gasteiger partial charge in [-0.15, -0.1) is 0 Å². The van der Waals surface area contributed by atoms with E-state index in [0.717, 1.165) is 29.6 Å². The molecule has 5 nitrogen and oxygen atoms in total. The average molecular weight is 337 g/mol. The monoisotopic (exact) mass is 337 g/mol. The fourth-order valence-electron chi connectivity index (χ4n) is 3.56. The lowest BCUT2D eigenvalue weighted by molar-refractivity contribution is 0.0914. The highest BCUT2D eigenvalue weighted by Crippen LogP contribution is 2.41. The smallest absolute Gasteiger partial charge is 0.349 e. The van der Waals surface area contributed by atoms with Gasteiger partial charge in [-0.25, -0.2) is 4.79 Å². The first-order valence-electron chi connectivity index (χ1n) is 8.33. The number of amides is 1. The number of nitrogens with one attached hydrogen (secondary N) is 1. The van der Waals surface area contributed by atoms with Gasteiger partial charge in [-0.1, -0.05) is 32.0 Å². The summed E-state index contributed by atoms with van der Waals surface area (Å²) in [5.74, 6) is 0.474. The van der Waals surface area contributed by atoms with Gasteiger partial charge in [0.25, 0.3) is 5.91 Å². The molecule has 0 saturated carbocycles. The highest BCUT2D eigenvalue weighted by Gasteiger charge is 2.35. The molecule has 1 amide bonds. The van der Waals surface area contributed by atoms with Crippen LogP contribution in [-0.4, -0.2) is 5.91 Å². The maximum absolute atomic E-state index is 12.7. The molecule has 0 bridgehead atoms. The molecule has 1 aliphatic carbocycles. The van der Waals surface area contributed by atoms with E-state index in [4.69, 9.17) is 8.83 Å². The molecule has 5 heteroatoms. The standard InChI is InChI=1S/C20H19NO4/c1-20(2)10-15(13-7-8-24-17(13)11-20)21-18(22)14-9-12-5-3-4-6-16(12)25-19(14)23/h3-9,15H,10-11H2,1-2H3,(H,21,22)/t15-/m0/s1. The number of para-hydroxylation sites is 1. The third-order valence-electron chi connectivity index (χ3n) is 4.74. The van der Waals surface area contributed by atoms with Crippen LogP contribution in [0.3, 0.4) is 0 Å². The molecule has 1 N–H and O–H groups in total. The predicted octanol–water partition coefficient (Wildman–Crippen LogP) is 3.83. The second kappa shape index (κ2) is 5.62. The Balaban J connectivity index is 1.67. The highest BCUT2D eigenvalue weighted by molar-refractivity contribution is 5.96. The molecule has 25 heavy (non-hydrogen) atoms. The summed E-state index contributed by atoms with van der Waals surface area (Å²) in [6, 6.07) is 10.4. The fraction of sp³-hybridized carbons (Fsp3) is 0.300. The molecule has 0 fully saturated rings. The van der Waals surface area contributed by atoms with E-state index in [9.17, 15) is 9.59 Å². The van der Waals surface area contributed by atoms with Crippen LogP contribution < -0.4 is 10.9 Å². The maximum Gasteiger partial charge on any atom is 0.349 e. The number of carbonyl (C=O) groups is 1. The quantitative estimate of drug-likeness (QED) is 0.721. The Morgan fingerprint density at radius 2 is 2.04 bits per heavy atom. The minimum atomic E-state index is -0.626. The van der Waals surface area contributed by atoms with Gasteiger partial charge in [0, 0.05) is 17.4 Å². The molecule has 4 rings (SSSR count). The molecule has 2 aromatic heterocycles. The van der Waals surface area contributed by atoms with E-state index in [2.05, 4.69) is 19.2 Å². The zero-order valence-electron chi connectivity index (χ0n) is 14.2.